The summed E-state index contributed by atoms with van der Waals surface area (Å²) in [4.78, 5) is 5.57. The number of hydrogen-bond acceptors (Lipinski definition) is 6. The molecule has 0 unspecified atom stereocenters. The molecule has 0 aliphatic carbocycles. The lowest BCUT2D eigenvalue weighted by Crippen LogP contribution is -2.11. The number of rotatable bonds is 4. The molecule has 1 aliphatic rings. The lowest BCUT2D eigenvalue weighted by atomic mass is 10.2. The molecule has 1 N–H and O–H groups in total. The van der Waals surface area contributed by atoms with Crippen LogP contribution in [0, 0.1) is 0 Å². The highest BCUT2D eigenvalue weighted by Gasteiger charge is 2.15. The second kappa shape index (κ2) is 5.46. The van der Waals surface area contributed by atoms with Gasteiger partial charge in [-0.2, -0.15) is 9.36 Å². The van der Waals surface area contributed by atoms with Crippen molar-refractivity contribution in [1.82, 2.24) is 19.1 Å². The van der Waals surface area contributed by atoms with Crippen LogP contribution in [0.2, 0.25) is 0 Å². The summed E-state index contributed by atoms with van der Waals surface area (Å²) in [6.07, 6.45) is 3.41. The smallest absolute Gasteiger partial charge is 0.242 e. The number of nitrogens with one attached hydrogen (secondary N) is 1. The number of halogens is 1. The van der Waals surface area contributed by atoms with Crippen LogP contribution < -0.4 is 10.1 Å². The standard InChI is InChI=1S/C11H14BrN5OS/c1-18-10-9(12)7(19-16-10)6-13-11-14-8-4-2-3-5-17(8)15-11/h2-6H2,1H3,(H,13,15). The molecule has 2 aromatic rings. The van der Waals surface area contributed by atoms with Gasteiger partial charge in [-0.1, -0.05) is 0 Å². The van der Waals surface area contributed by atoms with Crippen LogP contribution in [-0.2, 0) is 19.5 Å². The molecule has 19 heavy (non-hydrogen) atoms. The lowest BCUT2D eigenvalue weighted by molar-refractivity contribution is 0.400. The van der Waals surface area contributed by atoms with Gasteiger partial charge >= 0.3 is 0 Å². The Hall–Kier alpha value is -1.15. The van der Waals surface area contributed by atoms with Crippen LogP contribution in [0.1, 0.15) is 23.5 Å². The van der Waals surface area contributed by atoms with E-state index in [9.17, 15) is 0 Å². The van der Waals surface area contributed by atoms with Gasteiger partial charge < -0.3 is 10.1 Å². The zero-order valence-corrected chi connectivity index (χ0v) is 12.9. The van der Waals surface area contributed by atoms with Crippen molar-refractivity contribution in [2.75, 3.05) is 12.4 Å². The van der Waals surface area contributed by atoms with E-state index in [1.807, 2.05) is 4.68 Å². The molecule has 6 nitrogen and oxygen atoms in total. The van der Waals surface area contributed by atoms with E-state index in [0.717, 1.165) is 28.1 Å². The molecule has 0 fully saturated rings. The molecular formula is C11H14BrN5OS. The van der Waals surface area contributed by atoms with Crippen molar-refractivity contribution < 1.29 is 4.74 Å². The summed E-state index contributed by atoms with van der Waals surface area (Å²) in [6, 6.07) is 0. The highest BCUT2D eigenvalue weighted by molar-refractivity contribution is 9.10. The molecule has 2 aromatic heterocycles. The maximum Gasteiger partial charge on any atom is 0.242 e. The van der Waals surface area contributed by atoms with E-state index in [-0.39, 0.29) is 0 Å². The van der Waals surface area contributed by atoms with E-state index in [1.165, 1.54) is 24.4 Å². The van der Waals surface area contributed by atoms with Gasteiger partial charge in [0.1, 0.15) is 5.82 Å². The number of ether oxygens (including phenoxy) is 1. The minimum Gasteiger partial charge on any atom is -0.480 e. The van der Waals surface area contributed by atoms with Crippen LogP contribution in [0.5, 0.6) is 5.88 Å². The Morgan fingerprint density at radius 1 is 1.47 bits per heavy atom. The average molecular weight is 344 g/mol. The second-order valence-corrected chi connectivity index (χ2v) is 5.97. The van der Waals surface area contributed by atoms with E-state index in [1.54, 1.807) is 7.11 Å². The summed E-state index contributed by atoms with van der Waals surface area (Å²) in [5, 5.41) is 7.69. The molecule has 1 aliphatic heterocycles. The molecule has 3 rings (SSSR count). The van der Waals surface area contributed by atoms with Crippen molar-refractivity contribution in [2.45, 2.75) is 32.4 Å². The first-order chi connectivity index (χ1) is 9.28. The van der Waals surface area contributed by atoms with Crippen LogP contribution in [0.3, 0.4) is 0 Å². The Bertz CT molecular complexity index is 558. The average Bonchev–Trinajstić information content (AvgIpc) is 2.99. The topological polar surface area (TPSA) is 64.9 Å². The molecule has 102 valence electrons. The monoisotopic (exact) mass is 343 g/mol. The number of methoxy groups -OCH3 is 1. The first-order valence-corrected chi connectivity index (χ1v) is 7.70. The largest absolute Gasteiger partial charge is 0.480 e. The second-order valence-electron chi connectivity index (χ2n) is 4.31. The summed E-state index contributed by atoms with van der Waals surface area (Å²) in [6.45, 7) is 1.62. The van der Waals surface area contributed by atoms with Gasteiger partial charge in [0.2, 0.25) is 11.8 Å². The lowest BCUT2D eigenvalue weighted by Gasteiger charge is -2.09. The number of nitrogens with zero attached hydrogens (tertiary/aromatic N) is 4. The van der Waals surface area contributed by atoms with Crippen molar-refractivity contribution in [3.63, 3.8) is 0 Å². The van der Waals surface area contributed by atoms with Crippen LogP contribution in [0.15, 0.2) is 4.47 Å². The van der Waals surface area contributed by atoms with Gasteiger partial charge in [-0.3, -0.25) is 0 Å². The van der Waals surface area contributed by atoms with Crippen LogP contribution in [0.25, 0.3) is 0 Å². The minimum absolute atomic E-state index is 0.624. The minimum atomic E-state index is 0.624. The molecule has 0 saturated heterocycles. The molecular weight excluding hydrogens is 330 g/mol. The number of anilines is 1. The van der Waals surface area contributed by atoms with Gasteiger partial charge in [-0.25, -0.2) is 4.68 Å². The normalized spacial score (nSPS) is 14.2. The van der Waals surface area contributed by atoms with Crippen LogP contribution >= 0.6 is 27.5 Å². The van der Waals surface area contributed by atoms with Crippen molar-refractivity contribution in [3.05, 3.63) is 15.2 Å². The van der Waals surface area contributed by atoms with Crippen LogP contribution in [0.4, 0.5) is 5.95 Å². The van der Waals surface area contributed by atoms with Crippen molar-refractivity contribution >= 4 is 33.4 Å². The highest BCUT2D eigenvalue weighted by Crippen LogP contribution is 2.31. The van der Waals surface area contributed by atoms with Gasteiger partial charge in [-0.15, -0.1) is 5.10 Å². The van der Waals surface area contributed by atoms with Crippen molar-refractivity contribution in [3.8, 4) is 5.88 Å². The Balaban J connectivity index is 1.68. The highest BCUT2D eigenvalue weighted by atomic mass is 79.9. The molecule has 0 atom stereocenters. The molecule has 0 amide bonds. The predicted octanol–water partition coefficient (Wildman–Crippen LogP) is 2.45. The van der Waals surface area contributed by atoms with Crippen molar-refractivity contribution in [2.24, 2.45) is 0 Å². The Morgan fingerprint density at radius 3 is 3.11 bits per heavy atom. The van der Waals surface area contributed by atoms with Crippen molar-refractivity contribution in [1.29, 1.82) is 0 Å². The van der Waals surface area contributed by atoms with Crippen LogP contribution in [-0.4, -0.2) is 26.2 Å². The third-order valence-electron chi connectivity index (χ3n) is 3.04. The fourth-order valence-electron chi connectivity index (χ4n) is 2.05. The summed E-state index contributed by atoms with van der Waals surface area (Å²) >= 11 is 4.89. The Kier molecular flexibility index (Phi) is 3.69. The molecule has 0 aromatic carbocycles. The van der Waals surface area contributed by atoms with E-state index in [2.05, 4.69) is 35.7 Å². The van der Waals surface area contributed by atoms with Gasteiger partial charge in [-0.05, 0) is 40.3 Å². The maximum atomic E-state index is 5.13. The Morgan fingerprint density at radius 2 is 2.37 bits per heavy atom. The molecule has 0 saturated carbocycles. The number of aromatic nitrogens is 4. The molecule has 0 spiro atoms. The Labute approximate surface area is 123 Å². The molecule has 3 heterocycles. The quantitative estimate of drug-likeness (QED) is 0.923. The third kappa shape index (κ3) is 2.59. The number of hydrogen-bond donors (Lipinski definition) is 1. The SMILES string of the molecule is COc1nsc(CNc2nc3n(n2)CCCC3)c1Br. The summed E-state index contributed by atoms with van der Waals surface area (Å²) in [7, 11) is 1.61. The fraction of sp³-hybridized carbons (Fsp3) is 0.545. The van der Waals surface area contributed by atoms with Gasteiger partial charge in [0.05, 0.1) is 23.0 Å². The predicted molar refractivity (Wildman–Crippen MR) is 76.7 cm³/mol. The maximum absolute atomic E-state index is 5.13. The summed E-state index contributed by atoms with van der Waals surface area (Å²) in [5.41, 5.74) is 0. The van der Waals surface area contributed by atoms with E-state index in [0.29, 0.717) is 18.4 Å². The van der Waals surface area contributed by atoms with Gasteiger partial charge in [0.25, 0.3) is 0 Å². The molecule has 8 heteroatoms. The third-order valence-corrected chi connectivity index (χ3v) is 4.95. The zero-order valence-electron chi connectivity index (χ0n) is 10.5. The first kappa shape index (κ1) is 12.9. The zero-order chi connectivity index (χ0) is 13.2. The van der Waals surface area contributed by atoms with E-state index in [4.69, 9.17) is 4.74 Å². The molecule has 0 bridgehead atoms. The molecule has 0 radical (unpaired) electrons. The first-order valence-electron chi connectivity index (χ1n) is 6.13. The number of aryl methyl sites for hydroxylation is 2. The van der Waals surface area contributed by atoms with E-state index < -0.39 is 0 Å². The van der Waals surface area contributed by atoms with Gasteiger partial charge in [0, 0.05) is 13.0 Å². The summed E-state index contributed by atoms with van der Waals surface area (Å²) < 4.78 is 12.2. The summed E-state index contributed by atoms with van der Waals surface area (Å²) in [5.74, 6) is 2.39. The number of fused-ring (bicyclic) bond motifs is 1. The van der Waals surface area contributed by atoms with Gasteiger partial charge in [0.15, 0.2) is 0 Å². The fourth-order valence-corrected chi connectivity index (χ4v) is 3.44. The van der Waals surface area contributed by atoms with E-state index >= 15 is 0 Å².